The third-order valence-electron chi connectivity index (χ3n) is 3.62. The maximum atomic E-state index is 12.7. The molecule has 114 valence electrons. The lowest BCUT2D eigenvalue weighted by Gasteiger charge is -2.35. The van der Waals surface area contributed by atoms with E-state index in [4.69, 9.17) is 11.6 Å². The van der Waals surface area contributed by atoms with Crippen LogP contribution in [0.5, 0.6) is 0 Å². The molecule has 2 heterocycles. The molecule has 0 aliphatic carbocycles. The van der Waals surface area contributed by atoms with E-state index in [-0.39, 0.29) is 11.8 Å². The Bertz CT molecular complexity index is 728. The number of hydrogen-bond acceptors (Lipinski definition) is 3. The number of benzene rings is 1. The minimum atomic E-state index is -0.727. The van der Waals surface area contributed by atoms with Crippen LogP contribution in [-0.4, -0.2) is 39.6 Å². The summed E-state index contributed by atoms with van der Waals surface area (Å²) in [5.41, 5.74) is 1.08. The summed E-state index contributed by atoms with van der Waals surface area (Å²) in [4.78, 5) is 26.6. The monoisotopic (exact) mass is 318 g/mol. The molecule has 2 aromatic rings. The molecule has 0 bridgehead atoms. The van der Waals surface area contributed by atoms with E-state index in [1.54, 1.807) is 42.2 Å². The van der Waals surface area contributed by atoms with E-state index in [9.17, 15) is 9.59 Å². The van der Waals surface area contributed by atoms with Crippen molar-refractivity contribution in [1.82, 2.24) is 20.0 Å². The first-order valence-electron chi connectivity index (χ1n) is 6.89. The van der Waals surface area contributed by atoms with E-state index in [0.717, 1.165) is 0 Å². The van der Waals surface area contributed by atoms with Gasteiger partial charge < -0.3 is 10.2 Å². The Kier molecular flexibility index (Phi) is 3.85. The van der Waals surface area contributed by atoms with Gasteiger partial charge in [-0.3, -0.25) is 14.3 Å². The Morgan fingerprint density at radius 2 is 2.18 bits per heavy atom. The molecular weight excluding hydrogens is 304 g/mol. The number of rotatable bonds is 2. The van der Waals surface area contributed by atoms with Gasteiger partial charge in [0, 0.05) is 36.9 Å². The molecule has 0 spiro atoms. The summed E-state index contributed by atoms with van der Waals surface area (Å²) in [6, 6.07) is 6.35. The number of carbonyl (C=O) groups excluding carboxylic acids is 2. The topological polar surface area (TPSA) is 67.2 Å². The van der Waals surface area contributed by atoms with Crippen molar-refractivity contribution in [2.45, 2.75) is 6.04 Å². The van der Waals surface area contributed by atoms with Crippen molar-refractivity contribution in [2.75, 3.05) is 13.1 Å². The molecule has 1 aromatic carbocycles. The molecule has 1 fully saturated rings. The van der Waals surface area contributed by atoms with Gasteiger partial charge in [0.1, 0.15) is 6.04 Å². The molecule has 6 nitrogen and oxygen atoms in total. The van der Waals surface area contributed by atoms with Crippen molar-refractivity contribution < 1.29 is 9.59 Å². The summed E-state index contributed by atoms with van der Waals surface area (Å²) in [6.45, 7) is 0.848. The first-order chi connectivity index (χ1) is 10.6. The van der Waals surface area contributed by atoms with Gasteiger partial charge >= 0.3 is 0 Å². The smallest absolute Gasteiger partial charge is 0.258 e. The number of nitrogens with one attached hydrogen (secondary N) is 1. The van der Waals surface area contributed by atoms with Gasteiger partial charge in [-0.25, -0.2) is 0 Å². The van der Waals surface area contributed by atoms with Crippen molar-refractivity contribution in [3.05, 3.63) is 52.8 Å². The van der Waals surface area contributed by atoms with Crippen LogP contribution in [0.4, 0.5) is 0 Å². The van der Waals surface area contributed by atoms with Crippen molar-refractivity contribution in [2.24, 2.45) is 7.05 Å². The lowest BCUT2D eigenvalue weighted by Crippen LogP contribution is -2.52. The molecule has 0 unspecified atom stereocenters. The maximum Gasteiger partial charge on any atom is 0.258 e. The molecule has 1 atom stereocenters. The zero-order valence-electron chi connectivity index (χ0n) is 12.0. The lowest BCUT2D eigenvalue weighted by molar-refractivity contribution is -0.128. The quantitative estimate of drug-likeness (QED) is 0.910. The molecule has 7 heteroatoms. The van der Waals surface area contributed by atoms with Gasteiger partial charge in [0.2, 0.25) is 5.91 Å². The Morgan fingerprint density at radius 1 is 1.41 bits per heavy atom. The second-order valence-corrected chi connectivity index (χ2v) is 5.52. The van der Waals surface area contributed by atoms with E-state index < -0.39 is 6.04 Å². The van der Waals surface area contributed by atoms with Gasteiger partial charge in [0.25, 0.3) is 5.91 Å². The van der Waals surface area contributed by atoms with Crippen LogP contribution in [0.25, 0.3) is 0 Å². The van der Waals surface area contributed by atoms with E-state index in [1.807, 2.05) is 0 Å². The Labute approximate surface area is 132 Å². The molecule has 1 N–H and O–H groups in total. The molecule has 1 aliphatic rings. The fraction of sp³-hybridized carbons (Fsp3) is 0.267. The SMILES string of the molecule is Cn1cc(C(=O)N2CCNC(=O)[C@@H]2c2ccccc2Cl)cn1. The average Bonchev–Trinajstić information content (AvgIpc) is 2.94. The number of amides is 2. The zero-order valence-corrected chi connectivity index (χ0v) is 12.7. The van der Waals surface area contributed by atoms with Crippen molar-refractivity contribution in [3.63, 3.8) is 0 Å². The summed E-state index contributed by atoms with van der Waals surface area (Å²) in [5.74, 6) is -0.454. The predicted molar refractivity (Wildman–Crippen MR) is 81.4 cm³/mol. The molecule has 3 rings (SSSR count). The summed E-state index contributed by atoms with van der Waals surface area (Å²) < 4.78 is 1.56. The molecule has 0 radical (unpaired) electrons. The lowest BCUT2D eigenvalue weighted by atomic mass is 10.0. The van der Waals surface area contributed by atoms with Crippen molar-refractivity contribution in [3.8, 4) is 0 Å². The van der Waals surface area contributed by atoms with Crippen molar-refractivity contribution >= 4 is 23.4 Å². The third kappa shape index (κ3) is 2.57. The van der Waals surface area contributed by atoms with Crippen molar-refractivity contribution in [1.29, 1.82) is 0 Å². The number of halogens is 1. The van der Waals surface area contributed by atoms with Crippen LogP contribution in [0.15, 0.2) is 36.7 Å². The number of piperazine rings is 1. The Morgan fingerprint density at radius 3 is 2.86 bits per heavy atom. The average molecular weight is 319 g/mol. The molecule has 1 aromatic heterocycles. The van der Waals surface area contributed by atoms with Gasteiger partial charge in [-0.15, -0.1) is 0 Å². The summed E-state index contributed by atoms with van der Waals surface area (Å²) in [7, 11) is 1.74. The number of nitrogens with zero attached hydrogens (tertiary/aromatic N) is 3. The highest BCUT2D eigenvalue weighted by molar-refractivity contribution is 6.31. The fourth-order valence-electron chi connectivity index (χ4n) is 2.59. The van der Waals surface area contributed by atoms with E-state index in [2.05, 4.69) is 10.4 Å². The zero-order chi connectivity index (χ0) is 15.7. The first-order valence-corrected chi connectivity index (χ1v) is 7.27. The Hall–Kier alpha value is -2.34. The molecule has 1 aliphatic heterocycles. The fourth-order valence-corrected chi connectivity index (χ4v) is 2.83. The summed E-state index contributed by atoms with van der Waals surface area (Å²) in [6.07, 6.45) is 3.14. The predicted octanol–water partition coefficient (Wildman–Crippen LogP) is 1.39. The largest absolute Gasteiger partial charge is 0.352 e. The maximum absolute atomic E-state index is 12.7. The van der Waals surface area contributed by atoms with E-state index >= 15 is 0 Å². The highest BCUT2D eigenvalue weighted by atomic mass is 35.5. The highest BCUT2D eigenvalue weighted by Gasteiger charge is 2.36. The highest BCUT2D eigenvalue weighted by Crippen LogP contribution is 2.30. The number of carbonyl (C=O) groups is 2. The van der Waals surface area contributed by atoms with Crippen LogP contribution in [0.2, 0.25) is 5.02 Å². The Balaban J connectivity index is 1.99. The van der Waals surface area contributed by atoms with Crippen LogP contribution in [-0.2, 0) is 11.8 Å². The van der Waals surface area contributed by atoms with Crippen LogP contribution in [0, 0.1) is 0 Å². The minimum Gasteiger partial charge on any atom is -0.352 e. The molecule has 0 saturated carbocycles. The van der Waals surface area contributed by atoms with Crippen LogP contribution < -0.4 is 5.32 Å². The number of aryl methyl sites for hydroxylation is 1. The second kappa shape index (κ2) is 5.81. The molecule has 2 amide bonds. The second-order valence-electron chi connectivity index (χ2n) is 5.12. The minimum absolute atomic E-state index is 0.225. The van der Waals surface area contributed by atoms with Gasteiger partial charge in [0.05, 0.1) is 11.8 Å². The van der Waals surface area contributed by atoms with Gasteiger partial charge in [0.15, 0.2) is 0 Å². The van der Waals surface area contributed by atoms with Gasteiger partial charge in [-0.2, -0.15) is 5.10 Å². The van der Waals surface area contributed by atoms with Crippen LogP contribution in [0.3, 0.4) is 0 Å². The summed E-state index contributed by atoms with van der Waals surface area (Å²) in [5, 5.41) is 7.26. The van der Waals surface area contributed by atoms with E-state index in [0.29, 0.717) is 29.2 Å². The van der Waals surface area contributed by atoms with E-state index in [1.165, 1.54) is 11.1 Å². The summed E-state index contributed by atoms with van der Waals surface area (Å²) >= 11 is 6.21. The van der Waals surface area contributed by atoms with Gasteiger partial charge in [-0.05, 0) is 6.07 Å². The third-order valence-corrected chi connectivity index (χ3v) is 3.97. The van der Waals surface area contributed by atoms with Crippen LogP contribution >= 0.6 is 11.6 Å². The number of aromatic nitrogens is 2. The number of hydrogen-bond donors (Lipinski definition) is 1. The molecule has 22 heavy (non-hydrogen) atoms. The molecular formula is C15H15ClN4O2. The standard InChI is InChI=1S/C15H15ClN4O2/c1-19-9-10(8-18-19)15(22)20-7-6-17-14(21)13(20)11-4-2-3-5-12(11)16/h2-5,8-9,13H,6-7H2,1H3,(H,17,21)/t13-/m0/s1. The first kappa shape index (κ1) is 14.6. The normalized spacial score (nSPS) is 18.2. The van der Waals surface area contributed by atoms with Gasteiger partial charge in [-0.1, -0.05) is 29.8 Å². The molecule has 1 saturated heterocycles. The van der Waals surface area contributed by atoms with Crippen LogP contribution in [0.1, 0.15) is 22.0 Å².